The van der Waals surface area contributed by atoms with E-state index < -0.39 is 48.5 Å². The Labute approximate surface area is 163 Å². The molecule has 3 rings (SSSR count). The molecule has 5 nitrogen and oxygen atoms in total. The highest BCUT2D eigenvalue weighted by molar-refractivity contribution is 6.01. The first-order valence-electron chi connectivity index (χ1n) is 9.33. The molecule has 1 fully saturated rings. The third kappa shape index (κ3) is 5.24. The molecule has 0 aromatic carbocycles. The third-order valence-corrected chi connectivity index (χ3v) is 5.08. The van der Waals surface area contributed by atoms with Gasteiger partial charge in [-0.15, -0.1) is 0 Å². The van der Waals surface area contributed by atoms with E-state index in [0.29, 0.717) is 6.42 Å². The monoisotopic (exact) mass is 422 g/mol. The van der Waals surface area contributed by atoms with Gasteiger partial charge < -0.3 is 5.32 Å². The molecule has 11 heteroatoms. The number of halogens is 6. The lowest BCUT2D eigenvalue weighted by Gasteiger charge is -2.35. The first kappa shape index (κ1) is 21.5. The zero-order valence-corrected chi connectivity index (χ0v) is 15.6. The second kappa shape index (κ2) is 7.91. The van der Waals surface area contributed by atoms with Gasteiger partial charge in [0.25, 0.3) is 5.92 Å². The van der Waals surface area contributed by atoms with Crippen LogP contribution in [-0.2, 0) is 11.2 Å². The normalized spacial score (nSPS) is 21.1. The number of anilines is 1. The van der Waals surface area contributed by atoms with Crippen LogP contribution in [0.15, 0.2) is 5.83 Å². The summed E-state index contributed by atoms with van der Waals surface area (Å²) in [7, 11) is 0. The molecule has 2 aliphatic rings. The van der Waals surface area contributed by atoms with Crippen LogP contribution in [0.4, 0.5) is 32.3 Å². The molecule has 0 aliphatic heterocycles. The van der Waals surface area contributed by atoms with Crippen molar-refractivity contribution in [2.75, 3.05) is 5.32 Å². The standard InChI is InChI=1S/C18H20F6N4O/c1-9(18(22,23)24)5-6-13-26-15(11-3-2-4-12(29)14(11)19)28-16(27-13)25-10-7-17(20,21)8-10/h9-10H,2-8H2,1H3,(H,25,26,27,28)/t9-/m0/s1. The summed E-state index contributed by atoms with van der Waals surface area (Å²) >= 11 is 0. The number of allylic oxidation sites excluding steroid dienone is 2. The largest absolute Gasteiger partial charge is 0.391 e. The van der Waals surface area contributed by atoms with Crippen LogP contribution in [0.5, 0.6) is 0 Å². The number of nitrogens with one attached hydrogen (secondary N) is 1. The summed E-state index contributed by atoms with van der Waals surface area (Å²) in [6.45, 7) is 1.03. The molecule has 1 atom stereocenters. The summed E-state index contributed by atoms with van der Waals surface area (Å²) in [5.74, 6) is -6.32. The van der Waals surface area contributed by atoms with Crippen molar-refractivity contribution in [3.8, 4) is 0 Å². The van der Waals surface area contributed by atoms with E-state index in [4.69, 9.17) is 0 Å². The Kier molecular flexibility index (Phi) is 5.86. The summed E-state index contributed by atoms with van der Waals surface area (Å²) in [5.41, 5.74) is -0.0317. The van der Waals surface area contributed by atoms with Gasteiger partial charge >= 0.3 is 6.18 Å². The van der Waals surface area contributed by atoms with Gasteiger partial charge in [-0.3, -0.25) is 4.79 Å². The van der Waals surface area contributed by atoms with E-state index in [9.17, 15) is 31.1 Å². The van der Waals surface area contributed by atoms with Gasteiger partial charge in [-0.05, 0) is 19.3 Å². The quantitative estimate of drug-likeness (QED) is 0.677. The fourth-order valence-electron chi connectivity index (χ4n) is 3.21. The van der Waals surface area contributed by atoms with Crippen LogP contribution < -0.4 is 5.32 Å². The lowest BCUT2D eigenvalue weighted by atomic mass is 9.88. The maximum atomic E-state index is 14.3. The first-order chi connectivity index (χ1) is 13.4. The van der Waals surface area contributed by atoms with Gasteiger partial charge in [-0.2, -0.15) is 23.1 Å². The van der Waals surface area contributed by atoms with Gasteiger partial charge in [0, 0.05) is 37.3 Å². The summed E-state index contributed by atoms with van der Waals surface area (Å²) < 4.78 is 78.7. The van der Waals surface area contributed by atoms with Crippen LogP contribution in [0.3, 0.4) is 0 Å². The van der Waals surface area contributed by atoms with Crippen LogP contribution in [0, 0.1) is 5.92 Å². The predicted octanol–water partition coefficient (Wildman–Crippen LogP) is 4.65. The molecule has 0 saturated heterocycles. The van der Waals surface area contributed by atoms with Gasteiger partial charge in [-0.25, -0.2) is 18.2 Å². The lowest BCUT2D eigenvalue weighted by molar-refractivity contribution is -0.171. The maximum Gasteiger partial charge on any atom is 0.391 e. The smallest absolute Gasteiger partial charge is 0.351 e. The van der Waals surface area contributed by atoms with Crippen molar-refractivity contribution in [1.29, 1.82) is 0 Å². The molecule has 0 spiro atoms. The molecule has 0 radical (unpaired) electrons. The number of aromatic nitrogens is 3. The number of hydrogen-bond acceptors (Lipinski definition) is 5. The number of hydrogen-bond donors (Lipinski definition) is 1. The summed E-state index contributed by atoms with van der Waals surface area (Å²) in [6.07, 6.45) is -5.04. The Morgan fingerprint density at radius 1 is 1.17 bits per heavy atom. The summed E-state index contributed by atoms with van der Waals surface area (Å²) in [5, 5.41) is 2.70. The zero-order chi connectivity index (χ0) is 21.4. The van der Waals surface area contributed by atoms with Crippen molar-refractivity contribution in [3.05, 3.63) is 17.5 Å². The van der Waals surface area contributed by atoms with Crippen molar-refractivity contribution in [2.45, 2.75) is 70.0 Å². The predicted molar refractivity (Wildman–Crippen MR) is 91.8 cm³/mol. The maximum absolute atomic E-state index is 14.3. The molecule has 1 heterocycles. The first-order valence-corrected chi connectivity index (χ1v) is 9.33. The number of rotatable bonds is 6. The Hall–Kier alpha value is -2.20. The number of Topliss-reactive ketones (excluding diaryl/α,β-unsaturated/α-hetero) is 1. The van der Waals surface area contributed by atoms with E-state index in [-0.39, 0.29) is 48.9 Å². The van der Waals surface area contributed by atoms with E-state index >= 15 is 0 Å². The number of carbonyl (C=O) groups is 1. The van der Waals surface area contributed by atoms with Gasteiger partial charge in [-0.1, -0.05) is 6.92 Å². The molecule has 29 heavy (non-hydrogen) atoms. The van der Waals surface area contributed by atoms with Crippen molar-refractivity contribution in [3.63, 3.8) is 0 Å². The number of aryl methyl sites for hydroxylation is 1. The van der Waals surface area contributed by atoms with Crippen LogP contribution >= 0.6 is 0 Å². The molecule has 0 unspecified atom stereocenters. The van der Waals surface area contributed by atoms with Crippen molar-refractivity contribution in [2.24, 2.45) is 5.92 Å². The van der Waals surface area contributed by atoms with Gasteiger partial charge in [0.2, 0.25) is 5.95 Å². The molecule has 160 valence electrons. The Balaban J connectivity index is 1.86. The van der Waals surface area contributed by atoms with E-state index in [1.165, 1.54) is 0 Å². The van der Waals surface area contributed by atoms with E-state index in [0.717, 1.165) is 6.92 Å². The minimum atomic E-state index is -4.38. The second-order valence-electron chi connectivity index (χ2n) is 7.55. The fourth-order valence-corrected chi connectivity index (χ4v) is 3.21. The Bertz CT molecular complexity index is 815. The SMILES string of the molecule is C[C@@H](CCc1nc(NC2CC(F)(F)C2)nc(C2=C(F)C(=O)CCC2)n1)C(F)(F)F. The Morgan fingerprint density at radius 2 is 1.86 bits per heavy atom. The third-order valence-electron chi connectivity index (χ3n) is 5.08. The summed E-state index contributed by atoms with van der Waals surface area (Å²) in [6, 6.07) is -0.603. The molecule has 0 amide bonds. The molecular weight excluding hydrogens is 402 g/mol. The second-order valence-corrected chi connectivity index (χ2v) is 7.55. The average Bonchev–Trinajstić information content (AvgIpc) is 2.59. The summed E-state index contributed by atoms with van der Waals surface area (Å²) in [4.78, 5) is 23.8. The number of alkyl halides is 5. The molecule has 1 saturated carbocycles. The van der Waals surface area contributed by atoms with Gasteiger partial charge in [0.1, 0.15) is 5.82 Å². The molecule has 1 N–H and O–H groups in total. The van der Waals surface area contributed by atoms with Crippen LogP contribution in [0.2, 0.25) is 0 Å². The molecule has 1 aromatic heterocycles. The van der Waals surface area contributed by atoms with Crippen LogP contribution in [-0.4, -0.2) is 38.9 Å². The Morgan fingerprint density at radius 3 is 2.48 bits per heavy atom. The molecule has 0 bridgehead atoms. The van der Waals surface area contributed by atoms with E-state index in [2.05, 4.69) is 20.3 Å². The highest BCUT2D eigenvalue weighted by Crippen LogP contribution is 2.39. The van der Waals surface area contributed by atoms with Gasteiger partial charge in [0.15, 0.2) is 17.4 Å². The number of ketones is 1. The van der Waals surface area contributed by atoms with Gasteiger partial charge in [0.05, 0.1) is 5.92 Å². The molecule has 1 aromatic rings. The van der Waals surface area contributed by atoms with Crippen LogP contribution in [0.1, 0.15) is 57.1 Å². The molecule has 2 aliphatic carbocycles. The van der Waals surface area contributed by atoms with Crippen molar-refractivity contribution >= 4 is 17.3 Å². The van der Waals surface area contributed by atoms with Crippen LogP contribution in [0.25, 0.3) is 5.57 Å². The fraction of sp³-hybridized carbons (Fsp3) is 0.667. The number of carbonyl (C=O) groups excluding carboxylic acids is 1. The minimum absolute atomic E-state index is 0.0157. The minimum Gasteiger partial charge on any atom is -0.351 e. The lowest BCUT2D eigenvalue weighted by Crippen LogP contribution is -2.44. The van der Waals surface area contributed by atoms with E-state index in [1.807, 2.05) is 0 Å². The van der Waals surface area contributed by atoms with Crippen molar-refractivity contribution < 1.29 is 31.1 Å². The van der Waals surface area contributed by atoms with Crippen molar-refractivity contribution in [1.82, 2.24) is 15.0 Å². The highest BCUT2D eigenvalue weighted by atomic mass is 19.4. The van der Waals surface area contributed by atoms with E-state index in [1.54, 1.807) is 0 Å². The molecular formula is C18H20F6N4O. The topological polar surface area (TPSA) is 67.8 Å². The average molecular weight is 422 g/mol. The highest BCUT2D eigenvalue weighted by Gasteiger charge is 2.45. The number of nitrogens with zero attached hydrogens (tertiary/aromatic N) is 3. The zero-order valence-electron chi connectivity index (χ0n) is 15.6.